The van der Waals surface area contributed by atoms with E-state index in [-0.39, 0.29) is 0 Å². The van der Waals surface area contributed by atoms with E-state index >= 15 is 0 Å². The van der Waals surface area contributed by atoms with Gasteiger partial charge in [-0.25, -0.2) is 4.79 Å². The molecule has 0 bridgehead atoms. The summed E-state index contributed by atoms with van der Waals surface area (Å²) in [6.07, 6.45) is 3.07. The Hall–Kier alpha value is -2.25. The number of hydrogen-bond donors (Lipinski definition) is 1. The van der Waals surface area contributed by atoms with Crippen molar-refractivity contribution in [3.63, 3.8) is 0 Å². The van der Waals surface area contributed by atoms with Gasteiger partial charge in [0, 0.05) is 6.54 Å². The zero-order valence-electron chi connectivity index (χ0n) is 10.4. The van der Waals surface area contributed by atoms with Gasteiger partial charge in [-0.1, -0.05) is 0 Å². The molecule has 0 saturated carbocycles. The number of likely N-dealkylation sites (N-methyl/N-ethyl adjacent to an activating group) is 1. The molecule has 0 amide bonds. The van der Waals surface area contributed by atoms with Crippen LogP contribution >= 0.6 is 0 Å². The van der Waals surface area contributed by atoms with Crippen LogP contribution in [-0.2, 0) is 4.79 Å². The predicted molar refractivity (Wildman–Crippen MR) is 63.3 cm³/mol. The van der Waals surface area contributed by atoms with Crippen LogP contribution in [0.4, 0.5) is 5.82 Å². The minimum Gasteiger partial charge on any atom is -0.480 e. The second-order valence-corrected chi connectivity index (χ2v) is 4.32. The highest BCUT2D eigenvalue weighted by Crippen LogP contribution is 2.23. The molecule has 2 heterocycles. The summed E-state index contributed by atoms with van der Waals surface area (Å²) in [6.45, 7) is 5.62. The van der Waals surface area contributed by atoms with Crippen molar-refractivity contribution in [2.24, 2.45) is 0 Å². The van der Waals surface area contributed by atoms with Gasteiger partial charge in [0.25, 0.3) is 0 Å². The molecule has 0 unspecified atom stereocenters. The number of anilines is 1. The largest absolute Gasteiger partial charge is 0.480 e. The first kappa shape index (κ1) is 12.2. The highest BCUT2D eigenvalue weighted by molar-refractivity contribution is 5.82. The van der Waals surface area contributed by atoms with Gasteiger partial charge in [-0.05, 0) is 31.2 Å². The molecular formula is C10H14N6O2. The number of carbonyl (C=O) groups is 1. The van der Waals surface area contributed by atoms with E-state index in [0.29, 0.717) is 18.0 Å². The summed E-state index contributed by atoms with van der Waals surface area (Å²) in [4.78, 5) is 17.1. The zero-order valence-corrected chi connectivity index (χ0v) is 10.4. The Morgan fingerprint density at radius 1 is 1.50 bits per heavy atom. The van der Waals surface area contributed by atoms with Crippen LogP contribution in [0, 0.1) is 0 Å². The average molecular weight is 250 g/mol. The smallest absolute Gasteiger partial charge is 0.328 e. The highest BCUT2D eigenvalue weighted by atomic mass is 16.4. The number of nitrogens with zero attached hydrogens (tertiary/aromatic N) is 6. The third-order valence-corrected chi connectivity index (χ3v) is 2.88. The molecule has 2 rings (SSSR count). The van der Waals surface area contributed by atoms with E-state index < -0.39 is 11.5 Å². The predicted octanol–water partition coefficient (Wildman–Crippen LogP) is 0.209. The van der Waals surface area contributed by atoms with E-state index in [2.05, 4.69) is 20.5 Å². The maximum Gasteiger partial charge on any atom is 0.328 e. The van der Waals surface area contributed by atoms with Crippen LogP contribution in [0.25, 0.3) is 5.65 Å². The quantitative estimate of drug-likeness (QED) is 0.828. The Bertz CT molecular complexity index is 579. The number of fused-ring (bicyclic) bond motifs is 1. The average Bonchev–Trinajstić information content (AvgIpc) is 2.78. The fourth-order valence-corrected chi connectivity index (χ4v) is 1.81. The van der Waals surface area contributed by atoms with E-state index in [1.165, 1.54) is 10.7 Å². The molecule has 0 aliphatic heterocycles. The van der Waals surface area contributed by atoms with Crippen LogP contribution < -0.4 is 4.90 Å². The number of hydrogen-bond acceptors (Lipinski definition) is 6. The van der Waals surface area contributed by atoms with Gasteiger partial charge >= 0.3 is 5.97 Å². The summed E-state index contributed by atoms with van der Waals surface area (Å²) < 4.78 is 1.47. The van der Waals surface area contributed by atoms with E-state index in [1.54, 1.807) is 24.9 Å². The van der Waals surface area contributed by atoms with Gasteiger partial charge in [0.15, 0.2) is 11.5 Å². The molecule has 0 aliphatic carbocycles. The Morgan fingerprint density at radius 2 is 2.22 bits per heavy atom. The van der Waals surface area contributed by atoms with Crippen LogP contribution in [0.2, 0.25) is 0 Å². The Balaban J connectivity index is 2.57. The Kier molecular flexibility index (Phi) is 2.85. The van der Waals surface area contributed by atoms with Crippen molar-refractivity contribution in [2.75, 3.05) is 11.4 Å². The van der Waals surface area contributed by atoms with Crippen molar-refractivity contribution < 1.29 is 9.90 Å². The van der Waals surface area contributed by atoms with Crippen molar-refractivity contribution in [1.82, 2.24) is 25.0 Å². The first-order valence-electron chi connectivity index (χ1n) is 5.51. The molecule has 96 valence electrons. The molecule has 8 nitrogen and oxygen atoms in total. The molecule has 0 fully saturated rings. The number of rotatable bonds is 4. The fourth-order valence-electron chi connectivity index (χ4n) is 1.81. The third kappa shape index (κ3) is 1.75. The van der Waals surface area contributed by atoms with Gasteiger partial charge in [0.1, 0.15) is 5.54 Å². The number of tetrazole rings is 1. The Morgan fingerprint density at radius 3 is 2.83 bits per heavy atom. The second-order valence-electron chi connectivity index (χ2n) is 4.32. The fraction of sp³-hybridized carbons (Fsp3) is 0.500. The van der Waals surface area contributed by atoms with Gasteiger partial charge < -0.3 is 10.0 Å². The lowest BCUT2D eigenvalue weighted by atomic mass is 10.0. The van der Waals surface area contributed by atoms with Crippen LogP contribution in [0.1, 0.15) is 20.8 Å². The van der Waals surface area contributed by atoms with Gasteiger partial charge in [-0.15, -0.1) is 5.10 Å². The van der Waals surface area contributed by atoms with Gasteiger partial charge in [0.05, 0.1) is 12.4 Å². The minimum atomic E-state index is -1.07. The zero-order chi connectivity index (χ0) is 13.3. The van der Waals surface area contributed by atoms with Crippen LogP contribution in [0.15, 0.2) is 12.4 Å². The van der Waals surface area contributed by atoms with Gasteiger partial charge in [-0.3, -0.25) is 4.98 Å². The summed E-state index contributed by atoms with van der Waals surface area (Å²) in [7, 11) is 0. The molecule has 0 aliphatic rings. The van der Waals surface area contributed by atoms with Crippen molar-refractivity contribution in [1.29, 1.82) is 0 Å². The van der Waals surface area contributed by atoms with Gasteiger partial charge in [-0.2, -0.15) is 4.52 Å². The lowest BCUT2D eigenvalue weighted by molar-refractivity contribution is -0.142. The highest BCUT2D eigenvalue weighted by Gasteiger charge is 2.35. The standard InChI is InChI=1S/C10H14N6O2/c1-4-15(10(2,3)9(17)18)8-6-11-5-7-12-13-14-16(7)8/h5-6H,4H2,1-3H3,(H,17,18). The number of carboxylic acids is 1. The van der Waals surface area contributed by atoms with Crippen LogP contribution in [-0.4, -0.2) is 48.2 Å². The van der Waals surface area contributed by atoms with Crippen molar-refractivity contribution in [3.05, 3.63) is 12.4 Å². The summed E-state index contributed by atoms with van der Waals surface area (Å²) in [6, 6.07) is 0. The van der Waals surface area contributed by atoms with Crippen molar-refractivity contribution in [3.8, 4) is 0 Å². The lowest BCUT2D eigenvalue weighted by Crippen LogP contribution is -2.51. The number of aromatic nitrogens is 5. The van der Waals surface area contributed by atoms with Crippen molar-refractivity contribution in [2.45, 2.75) is 26.3 Å². The molecule has 0 atom stereocenters. The van der Waals surface area contributed by atoms with E-state index in [4.69, 9.17) is 0 Å². The molecule has 18 heavy (non-hydrogen) atoms. The maximum absolute atomic E-state index is 11.3. The SMILES string of the molecule is CCN(c1cncc2nnnn12)C(C)(C)C(=O)O. The molecule has 0 aromatic carbocycles. The monoisotopic (exact) mass is 250 g/mol. The molecule has 0 saturated heterocycles. The van der Waals surface area contributed by atoms with Gasteiger partial charge in [0.2, 0.25) is 0 Å². The van der Waals surface area contributed by atoms with E-state index in [0.717, 1.165) is 0 Å². The lowest BCUT2D eigenvalue weighted by Gasteiger charge is -2.35. The maximum atomic E-state index is 11.3. The first-order chi connectivity index (χ1) is 8.48. The molecule has 0 radical (unpaired) electrons. The molecular weight excluding hydrogens is 236 g/mol. The van der Waals surface area contributed by atoms with Crippen LogP contribution in [0.3, 0.4) is 0 Å². The van der Waals surface area contributed by atoms with Crippen molar-refractivity contribution >= 4 is 17.4 Å². The molecule has 2 aromatic rings. The molecule has 8 heteroatoms. The normalized spacial score (nSPS) is 11.7. The summed E-state index contributed by atoms with van der Waals surface area (Å²) in [5.41, 5.74) is -0.594. The summed E-state index contributed by atoms with van der Waals surface area (Å²) >= 11 is 0. The molecule has 1 N–H and O–H groups in total. The summed E-state index contributed by atoms with van der Waals surface area (Å²) in [5, 5.41) is 20.5. The first-order valence-corrected chi connectivity index (χ1v) is 5.51. The van der Waals surface area contributed by atoms with E-state index in [9.17, 15) is 9.90 Å². The number of carboxylic acid groups (broad SMARTS) is 1. The molecule has 2 aromatic heterocycles. The number of aliphatic carboxylic acids is 1. The van der Waals surface area contributed by atoms with Crippen LogP contribution in [0.5, 0.6) is 0 Å². The second kappa shape index (κ2) is 4.21. The third-order valence-electron chi connectivity index (χ3n) is 2.88. The molecule has 0 spiro atoms. The Labute approximate surface area is 103 Å². The summed E-state index contributed by atoms with van der Waals surface area (Å²) in [5.74, 6) is -0.373. The van der Waals surface area contributed by atoms with E-state index in [1.807, 2.05) is 6.92 Å². The topological polar surface area (TPSA) is 96.5 Å². The minimum absolute atomic E-state index is 0.479.